The Kier molecular flexibility index (Phi) is 3.37. The van der Waals surface area contributed by atoms with Crippen LogP contribution in [0, 0.1) is 5.92 Å². The van der Waals surface area contributed by atoms with Gasteiger partial charge in [-0.05, 0) is 5.56 Å². The molecule has 19 heavy (non-hydrogen) atoms. The third-order valence-corrected chi connectivity index (χ3v) is 6.49. The van der Waals surface area contributed by atoms with Crippen molar-refractivity contribution < 1.29 is 13.2 Å². The fourth-order valence-corrected chi connectivity index (χ4v) is 5.63. The lowest BCUT2D eigenvalue weighted by molar-refractivity contribution is 0.0802. The largest absolute Gasteiger partial charge is 0.380 e. The van der Waals surface area contributed by atoms with E-state index in [0.717, 1.165) is 13.1 Å². The van der Waals surface area contributed by atoms with Crippen LogP contribution in [0.5, 0.6) is 0 Å². The predicted molar refractivity (Wildman–Crippen MR) is 73.6 cm³/mol. The Bertz CT molecular complexity index is 543. The van der Waals surface area contributed by atoms with Gasteiger partial charge in [0.15, 0.2) is 9.84 Å². The van der Waals surface area contributed by atoms with Gasteiger partial charge in [-0.3, -0.25) is 4.90 Å². The molecule has 0 N–H and O–H groups in total. The molecule has 2 saturated heterocycles. The van der Waals surface area contributed by atoms with Crippen molar-refractivity contribution in [2.45, 2.75) is 17.9 Å². The number of likely N-dealkylation sites (tertiary alicyclic amines) is 1. The second-order valence-corrected chi connectivity index (χ2v) is 7.75. The van der Waals surface area contributed by atoms with Gasteiger partial charge in [0.1, 0.15) is 0 Å². The lowest BCUT2D eigenvalue weighted by Crippen LogP contribution is -2.28. The lowest BCUT2D eigenvalue weighted by atomic mass is 10.0. The predicted octanol–water partition coefficient (Wildman–Crippen LogP) is 0.930. The van der Waals surface area contributed by atoms with Crippen LogP contribution in [0.4, 0.5) is 0 Å². The first kappa shape index (κ1) is 13.1. The third kappa shape index (κ3) is 2.42. The molecule has 5 heteroatoms. The van der Waals surface area contributed by atoms with Gasteiger partial charge < -0.3 is 4.74 Å². The van der Waals surface area contributed by atoms with Crippen molar-refractivity contribution in [3.63, 3.8) is 0 Å². The molecular weight excluding hydrogens is 262 g/mol. The molecule has 2 fully saturated rings. The molecule has 0 unspecified atom stereocenters. The topological polar surface area (TPSA) is 46.6 Å². The van der Waals surface area contributed by atoms with Crippen molar-refractivity contribution in [1.29, 1.82) is 0 Å². The molecule has 1 aromatic rings. The van der Waals surface area contributed by atoms with Gasteiger partial charge >= 0.3 is 0 Å². The van der Waals surface area contributed by atoms with Gasteiger partial charge in [0.2, 0.25) is 0 Å². The maximum absolute atomic E-state index is 12.1. The van der Waals surface area contributed by atoms with Crippen molar-refractivity contribution >= 4 is 9.84 Å². The van der Waals surface area contributed by atoms with E-state index in [0.29, 0.717) is 6.54 Å². The van der Waals surface area contributed by atoms with Gasteiger partial charge in [-0.1, -0.05) is 30.3 Å². The smallest absolute Gasteiger partial charge is 0.157 e. The van der Waals surface area contributed by atoms with Gasteiger partial charge in [-0.2, -0.15) is 0 Å². The highest BCUT2D eigenvalue weighted by Crippen LogP contribution is 2.35. The minimum Gasteiger partial charge on any atom is -0.380 e. The third-order valence-electron chi connectivity index (χ3n) is 4.27. The van der Waals surface area contributed by atoms with Crippen molar-refractivity contribution in [2.24, 2.45) is 5.92 Å². The highest BCUT2D eigenvalue weighted by Gasteiger charge is 2.52. The minimum atomic E-state index is -2.98. The Morgan fingerprint density at radius 2 is 2.00 bits per heavy atom. The number of rotatable bonds is 3. The molecule has 0 aliphatic carbocycles. The minimum absolute atomic E-state index is 0.129. The molecule has 0 bridgehead atoms. The van der Waals surface area contributed by atoms with Crippen LogP contribution in [0.25, 0.3) is 0 Å². The Morgan fingerprint density at radius 1 is 1.26 bits per heavy atom. The van der Waals surface area contributed by atoms with E-state index in [2.05, 4.69) is 17.0 Å². The molecule has 104 valence electrons. The molecule has 1 aromatic carbocycles. The van der Waals surface area contributed by atoms with Crippen LogP contribution >= 0.6 is 0 Å². The summed E-state index contributed by atoms with van der Waals surface area (Å²) in [5, 5.41) is -0.235. The number of sulfone groups is 1. The van der Waals surface area contributed by atoms with Crippen molar-refractivity contribution in [3.8, 4) is 0 Å². The summed E-state index contributed by atoms with van der Waals surface area (Å²) >= 11 is 0. The number of nitrogens with zero attached hydrogens (tertiary/aromatic N) is 1. The van der Waals surface area contributed by atoms with Crippen LogP contribution in [0.2, 0.25) is 0 Å². The van der Waals surface area contributed by atoms with Gasteiger partial charge in [0.25, 0.3) is 0 Å². The zero-order valence-corrected chi connectivity index (χ0v) is 11.8. The van der Waals surface area contributed by atoms with E-state index in [9.17, 15) is 8.42 Å². The molecule has 2 aliphatic rings. The molecular formula is C14H19NO3S. The summed E-state index contributed by atoms with van der Waals surface area (Å²) in [7, 11) is -1.36. The summed E-state index contributed by atoms with van der Waals surface area (Å²) in [6, 6.07) is 10.2. The average molecular weight is 281 g/mol. The molecule has 0 radical (unpaired) electrons. The molecule has 2 aliphatic heterocycles. The van der Waals surface area contributed by atoms with E-state index in [1.54, 1.807) is 7.11 Å². The zero-order chi connectivity index (χ0) is 13.5. The first-order valence-corrected chi connectivity index (χ1v) is 8.32. The van der Waals surface area contributed by atoms with E-state index < -0.39 is 9.84 Å². The maximum Gasteiger partial charge on any atom is 0.157 e. The quantitative estimate of drug-likeness (QED) is 0.827. The van der Waals surface area contributed by atoms with E-state index >= 15 is 0 Å². The summed E-state index contributed by atoms with van der Waals surface area (Å²) < 4.78 is 29.6. The normalized spacial score (nSPS) is 33.4. The fraction of sp³-hybridized carbons (Fsp3) is 0.571. The molecule has 2 heterocycles. The molecule has 0 saturated carbocycles. The monoisotopic (exact) mass is 281 g/mol. The molecule has 0 spiro atoms. The fourth-order valence-electron chi connectivity index (χ4n) is 3.31. The van der Waals surface area contributed by atoms with Gasteiger partial charge in [0, 0.05) is 32.7 Å². The number of hydrogen-bond donors (Lipinski definition) is 0. The second-order valence-electron chi connectivity index (χ2n) is 5.49. The van der Waals surface area contributed by atoms with Crippen LogP contribution in [-0.4, -0.2) is 50.6 Å². The van der Waals surface area contributed by atoms with Crippen molar-refractivity contribution in [2.75, 3.05) is 26.0 Å². The summed E-state index contributed by atoms with van der Waals surface area (Å²) in [6.45, 7) is 2.28. The van der Waals surface area contributed by atoms with E-state index in [-0.39, 0.29) is 23.0 Å². The Morgan fingerprint density at radius 3 is 2.68 bits per heavy atom. The van der Waals surface area contributed by atoms with Crippen LogP contribution in [-0.2, 0) is 21.1 Å². The van der Waals surface area contributed by atoms with Gasteiger partial charge in [-0.15, -0.1) is 0 Å². The molecule has 0 amide bonds. The average Bonchev–Trinajstić information content (AvgIpc) is 2.90. The molecule has 4 nitrogen and oxygen atoms in total. The van der Waals surface area contributed by atoms with Crippen LogP contribution in [0.3, 0.4) is 0 Å². The maximum atomic E-state index is 12.1. The number of benzene rings is 1. The van der Waals surface area contributed by atoms with Gasteiger partial charge in [-0.25, -0.2) is 8.42 Å². The SMILES string of the molecule is CO[C@@H]1CS(=O)(=O)[C@H]2CN(Cc3ccccc3)C[C@@H]12. The van der Waals surface area contributed by atoms with E-state index in [1.165, 1.54) is 5.56 Å². The Balaban J connectivity index is 1.73. The summed E-state index contributed by atoms with van der Waals surface area (Å²) in [5.41, 5.74) is 1.23. The Labute approximate surface area is 114 Å². The number of hydrogen-bond acceptors (Lipinski definition) is 4. The number of fused-ring (bicyclic) bond motifs is 1. The van der Waals surface area contributed by atoms with Gasteiger partial charge in [0.05, 0.1) is 17.1 Å². The summed E-state index contributed by atoms with van der Waals surface area (Å²) in [4.78, 5) is 2.23. The lowest BCUT2D eigenvalue weighted by Gasteiger charge is -2.19. The number of ether oxygens (including phenoxy) is 1. The Hall–Kier alpha value is -0.910. The van der Waals surface area contributed by atoms with Crippen LogP contribution in [0.15, 0.2) is 30.3 Å². The van der Waals surface area contributed by atoms with E-state index in [4.69, 9.17) is 4.74 Å². The number of methoxy groups -OCH3 is 1. The first-order chi connectivity index (χ1) is 9.10. The second kappa shape index (κ2) is 4.89. The standard InChI is InChI=1S/C14H19NO3S/c1-18-13-10-19(16,17)14-9-15(8-12(13)14)7-11-5-3-2-4-6-11/h2-6,12-14H,7-10H2,1H3/t12-,13+,14-/m0/s1. The van der Waals surface area contributed by atoms with Crippen LogP contribution in [0.1, 0.15) is 5.56 Å². The van der Waals surface area contributed by atoms with E-state index in [1.807, 2.05) is 18.2 Å². The molecule has 3 rings (SSSR count). The first-order valence-electron chi connectivity index (χ1n) is 6.61. The zero-order valence-electron chi connectivity index (χ0n) is 11.0. The molecule has 3 atom stereocenters. The highest BCUT2D eigenvalue weighted by atomic mass is 32.2. The van der Waals surface area contributed by atoms with Crippen molar-refractivity contribution in [3.05, 3.63) is 35.9 Å². The summed E-state index contributed by atoms with van der Waals surface area (Å²) in [6.07, 6.45) is -0.129. The summed E-state index contributed by atoms with van der Waals surface area (Å²) in [5.74, 6) is 0.330. The highest BCUT2D eigenvalue weighted by molar-refractivity contribution is 7.92. The molecule has 0 aromatic heterocycles. The van der Waals surface area contributed by atoms with Crippen molar-refractivity contribution in [1.82, 2.24) is 4.90 Å². The van der Waals surface area contributed by atoms with Crippen LogP contribution < -0.4 is 0 Å².